The second-order valence-electron chi connectivity index (χ2n) is 9.15. The van der Waals surface area contributed by atoms with E-state index in [0.29, 0.717) is 32.0 Å². The summed E-state index contributed by atoms with van der Waals surface area (Å²) in [4.78, 5) is 17.1. The third-order valence-corrected chi connectivity index (χ3v) is 6.82. The smallest absolute Gasteiger partial charge is 0.449 e. The molecule has 1 aliphatic carbocycles. The van der Waals surface area contributed by atoms with E-state index in [4.69, 9.17) is 4.42 Å². The number of benzene rings is 1. The summed E-state index contributed by atoms with van der Waals surface area (Å²) >= 11 is 0. The Morgan fingerprint density at radius 3 is 2.41 bits per heavy atom. The fourth-order valence-electron chi connectivity index (χ4n) is 5.19. The molecule has 1 amide bonds. The largest absolute Gasteiger partial charge is 0.454 e. The molecule has 0 spiro atoms. The van der Waals surface area contributed by atoms with Crippen LogP contribution in [0.25, 0.3) is 0 Å². The molecular weight excluding hydrogens is 417 g/mol. The van der Waals surface area contributed by atoms with Crippen molar-refractivity contribution in [2.24, 2.45) is 5.92 Å². The summed E-state index contributed by atoms with van der Waals surface area (Å²) in [6.07, 6.45) is 2.05. The third kappa shape index (κ3) is 5.20. The zero-order valence-electron chi connectivity index (χ0n) is 18.5. The standard InChI is InChI=1S/C25H31F3N2O2/c1-18-17-29(14-15-30(18)23(31)16-19-8-4-2-5-9-19)24(20-10-6-3-7-11-20)21-12-13-22(32-21)25(26,27)28/h3,6-7,10-13,18-19,24H,2,4-5,8-9,14-17H2,1H3. The highest BCUT2D eigenvalue weighted by molar-refractivity contribution is 5.77. The number of hydrogen-bond donors (Lipinski definition) is 0. The number of furan rings is 1. The second-order valence-corrected chi connectivity index (χ2v) is 9.15. The summed E-state index contributed by atoms with van der Waals surface area (Å²) in [6, 6.07) is 11.4. The van der Waals surface area contributed by atoms with Gasteiger partial charge in [0.1, 0.15) is 5.76 Å². The van der Waals surface area contributed by atoms with E-state index >= 15 is 0 Å². The van der Waals surface area contributed by atoms with Gasteiger partial charge in [-0.05, 0) is 43.4 Å². The maximum absolute atomic E-state index is 13.2. The Hall–Kier alpha value is -2.28. The number of amides is 1. The monoisotopic (exact) mass is 448 g/mol. The Morgan fingerprint density at radius 2 is 1.78 bits per heavy atom. The molecule has 0 N–H and O–H groups in total. The quantitative estimate of drug-likeness (QED) is 0.572. The van der Waals surface area contributed by atoms with Gasteiger partial charge >= 0.3 is 6.18 Å². The van der Waals surface area contributed by atoms with Crippen molar-refractivity contribution in [1.29, 1.82) is 0 Å². The molecule has 2 aromatic rings. The number of hydrogen-bond acceptors (Lipinski definition) is 3. The lowest BCUT2D eigenvalue weighted by molar-refractivity contribution is -0.154. The first-order chi connectivity index (χ1) is 15.3. The van der Waals surface area contributed by atoms with E-state index in [1.54, 1.807) is 0 Å². The van der Waals surface area contributed by atoms with Crippen molar-refractivity contribution in [3.05, 3.63) is 59.5 Å². The van der Waals surface area contributed by atoms with Crippen LogP contribution in [-0.4, -0.2) is 41.4 Å². The van der Waals surface area contributed by atoms with E-state index in [-0.39, 0.29) is 17.7 Å². The van der Waals surface area contributed by atoms with Crippen LogP contribution >= 0.6 is 0 Å². The lowest BCUT2D eigenvalue weighted by Gasteiger charge is -2.43. The van der Waals surface area contributed by atoms with E-state index in [2.05, 4.69) is 4.90 Å². The molecule has 174 valence electrons. The third-order valence-electron chi connectivity index (χ3n) is 6.82. The maximum atomic E-state index is 13.2. The Kier molecular flexibility index (Phi) is 6.93. The predicted octanol–water partition coefficient (Wildman–Crippen LogP) is 5.89. The van der Waals surface area contributed by atoms with Gasteiger partial charge in [-0.1, -0.05) is 49.6 Å². The Morgan fingerprint density at radius 1 is 1.06 bits per heavy atom. The van der Waals surface area contributed by atoms with E-state index in [1.807, 2.05) is 42.2 Å². The molecule has 1 aliphatic heterocycles. The second kappa shape index (κ2) is 9.69. The first kappa shape index (κ1) is 22.9. The van der Waals surface area contributed by atoms with Crippen molar-refractivity contribution >= 4 is 5.91 Å². The molecule has 1 saturated carbocycles. The first-order valence-corrected chi connectivity index (χ1v) is 11.6. The summed E-state index contributed by atoms with van der Waals surface area (Å²) in [5.74, 6) is -0.0133. The molecule has 1 aromatic carbocycles. The fourth-order valence-corrected chi connectivity index (χ4v) is 5.19. The van der Waals surface area contributed by atoms with Crippen LogP contribution in [0.2, 0.25) is 0 Å². The minimum absolute atomic E-state index is 0.0110. The van der Waals surface area contributed by atoms with Gasteiger partial charge < -0.3 is 9.32 Å². The van der Waals surface area contributed by atoms with Gasteiger partial charge in [0.2, 0.25) is 11.7 Å². The van der Waals surface area contributed by atoms with Crippen molar-refractivity contribution in [2.75, 3.05) is 19.6 Å². The maximum Gasteiger partial charge on any atom is 0.449 e. The van der Waals surface area contributed by atoms with Crippen LogP contribution in [-0.2, 0) is 11.0 Å². The molecule has 0 bridgehead atoms. The molecule has 1 aromatic heterocycles. The van der Waals surface area contributed by atoms with Gasteiger partial charge in [-0.3, -0.25) is 9.69 Å². The molecule has 7 heteroatoms. The van der Waals surface area contributed by atoms with Crippen molar-refractivity contribution in [3.63, 3.8) is 0 Å². The first-order valence-electron chi connectivity index (χ1n) is 11.6. The average Bonchev–Trinajstić information content (AvgIpc) is 3.26. The predicted molar refractivity (Wildman–Crippen MR) is 116 cm³/mol. The van der Waals surface area contributed by atoms with Gasteiger partial charge in [-0.2, -0.15) is 13.2 Å². The van der Waals surface area contributed by atoms with Gasteiger partial charge in [-0.15, -0.1) is 0 Å². The molecule has 2 unspecified atom stereocenters. The van der Waals surface area contributed by atoms with Gasteiger partial charge in [0.15, 0.2) is 0 Å². The highest BCUT2D eigenvalue weighted by atomic mass is 19.4. The number of piperazine rings is 1. The van der Waals surface area contributed by atoms with Crippen molar-refractivity contribution in [2.45, 2.75) is 63.7 Å². The highest BCUT2D eigenvalue weighted by Gasteiger charge is 2.38. The van der Waals surface area contributed by atoms with Gasteiger partial charge in [0, 0.05) is 32.1 Å². The van der Waals surface area contributed by atoms with E-state index in [0.717, 1.165) is 24.5 Å². The van der Waals surface area contributed by atoms with Crippen LogP contribution in [0.3, 0.4) is 0 Å². The van der Waals surface area contributed by atoms with Crippen LogP contribution in [0.5, 0.6) is 0 Å². The zero-order valence-corrected chi connectivity index (χ0v) is 18.5. The highest BCUT2D eigenvalue weighted by Crippen LogP contribution is 2.37. The van der Waals surface area contributed by atoms with Gasteiger partial charge in [0.25, 0.3) is 0 Å². The van der Waals surface area contributed by atoms with Gasteiger partial charge in [0.05, 0.1) is 6.04 Å². The molecule has 4 nitrogen and oxygen atoms in total. The number of halogens is 3. The van der Waals surface area contributed by atoms with Crippen molar-refractivity contribution in [1.82, 2.24) is 9.80 Å². The Balaban J connectivity index is 1.49. The number of carbonyl (C=O) groups excluding carboxylic acids is 1. The SMILES string of the molecule is CC1CN(C(c2ccccc2)c2ccc(C(F)(F)F)o2)CCN1C(=O)CC1CCCCC1. The van der Waals surface area contributed by atoms with Crippen molar-refractivity contribution < 1.29 is 22.4 Å². The van der Waals surface area contributed by atoms with E-state index in [9.17, 15) is 18.0 Å². The van der Waals surface area contributed by atoms with Crippen LogP contribution in [0.15, 0.2) is 46.9 Å². The lowest BCUT2D eigenvalue weighted by Crippen LogP contribution is -2.55. The average molecular weight is 449 g/mol. The molecule has 32 heavy (non-hydrogen) atoms. The summed E-state index contributed by atoms with van der Waals surface area (Å²) in [6.45, 7) is 3.76. The van der Waals surface area contributed by atoms with E-state index < -0.39 is 18.0 Å². The zero-order chi connectivity index (χ0) is 22.7. The summed E-state index contributed by atoms with van der Waals surface area (Å²) in [5.41, 5.74) is 0.879. The summed E-state index contributed by atoms with van der Waals surface area (Å²) < 4.78 is 44.7. The summed E-state index contributed by atoms with van der Waals surface area (Å²) in [5, 5.41) is 0. The molecule has 4 rings (SSSR count). The Bertz CT molecular complexity index is 890. The fraction of sp³-hybridized carbons (Fsp3) is 0.560. The lowest BCUT2D eigenvalue weighted by atomic mass is 9.86. The van der Waals surface area contributed by atoms with Crippen LogP contribution in [0.4, 0.5) is 13.2 Å². The number of carbonyl (C=O) groups is 1. The molecule has 2 fully saturated rings. The summed E-state index contributed by atoms with van der Waals surface area (Å²) in [7, 11) is 0. The number of nitrogens with zero attached hydrogens (tertiary/aromatic N) is 2. The molecule has 2 heterocycles. The van der Waals surface area contributed by atoms with Crippen LogP contribution in [0, 0.1) is 5.92 Å². The minimum Gasteiger partial charge on any atom is -0.454 e. The Labute approximate surface area is 187 Å². The van der Waals surface area contributed by atoms with Gasteiger partial charge in [-0.25, -0.2) is 0 Å². The minimum atomic E-state index is -4.52. The molecule has 0 radical (unpaired) electrons. The van der Waals surface area contributed by atoms with E-state index in [1.165, 1.54) is 25.3 Å². The number of alkyl halides is 3. The molecular formula is C25H31F3N2O2. The number of rotatable bonds is 5. The van der Waals surface area contributed by atoms with Crippen LogP contribution in [0.1, 0.15) is 68.6 Å². The molecule has 1 saturated heterocycles. The normalized spacial score (nSPS) is 22.1. The van der Waals surface area contributed by atoms with Crippen molar-refractivity contribution in [3.8, 4) is 0 Å². The topological polar surface area (TPSA) is 36.7 Å². The molecule has 2 aliphatic rings. The molecule has 2 atom stereocenters. The van der Waals surface area contributed by atoms with Crippen LogP contribution < -0.4 is 0 Å².